The Hall–Kier alpha value is -1.56. The van der Waals surface area contributed by atoms with Gasteiger partial charge in [0.05, 0.1) is 5.69 Å². The fourth-order valence-electron chi connectivity index (χ4n) is 2.41. The first-order chi connectivity index (χ1) is 9.99. The smallest absolute Gasteiger partial charge is 0.242 e. The molecule has 0 unspecified atom stereocenters. The number of alkyl halides is 1. The van der Waals surface area contributed by atoms with E-state index in [4.69, 9.17) is 11.6 Å². The number of fused-ring (bicyclic) bond motifs is 1. The number of hydrogen-bond acceptors (Lipinski definition) is 3. The molecule has 0 fully saturated rings. The lowest BCUT2D eigenvalue weighted by atomic mass is 10.2. The third kappa shape index (κ3) is 3.05. The molecule has 0 saturated heterocycles. The molecule has 0 aromatic carbocycles. The number of rotatable bonds is 6. The Bertz CT molecular complexity index is 643. The third-order valence-corrected chi connectivity index (χ3v) is 3.66. The van der Waals surface area contributed by atoms with E-state index in [1.54, 1.807) is 19.0 Å². The lowest BCUT2D eigenvalue weighted by Crippen LogP contribution is -2.27. The first-order valence-electron chi connectivity index (χ1n) is 7.16. The summed E-state index contributed by atoms with van der Waals surface area (Å²) in [5, 5.41) is 4.53. The van der Waals surface area contributed by atoms with Gasteiger partial charge < -0.3 is 9.47 Å². The van der Waals surface area contributed by atoms with Crippen LogP contribution >= 0.6 is 11.6 Å². The zero-order valence-electron chi connectivity index (χ0n) is 13.1. The lowest BCUT2D eigenvalue weighted by Gasteiger charge is -2.13. The summed E-state index contributed by atoms with van der Waals surface area (Å²) in [6.07, 6.45) is 2.54. The molecule has 6 nitrogen and oxygen atoms in total. The SMILES string of the molecule is CCCc1nn(C)c2c1nc(CCCl)n2CC(=O)N(C)C. The largest absolute Gasteiger partial charge is 0.347 e. The van der Waals surface area contributed by atoms with E-state index in [2.05, 4.69) is 17.0 Å². The van der Waals surface area contributed by atoms with Crippen molar-refractivity contribution in [3.05, 3.63) is 11.5 Å². The maximum Gasteiger partial charge on any atom is 0.242 e. The fourth-order valence-corrected chi connectivity index (χ4v) is 2.58. The minimum Gasteiger partial charge on any atom is -0.347 e. The number of imidazole rings is 1. The van der Waals surface area contributed by atoms with Gasteiger partial charge in [-0.2, -0.15) is 5.10 Å². The summed E-state index contributed by atoms with van der Waals surface area (Å²) in [7, 11) is 5.40. The molecule has 0 N–H and O–H groups in total. The quantitative estimate of drug-likeness (QED) is 0.761. The Morgan fingerprint density at radius 2 is 2.05 bits per heavy atom. The summed E-state index contributed by atoms with van der Waals surface area (Å²) in [6.45, 7) is 2.38. The molecular formula is C14H22ClN5O. The highest BCUT2D eigenvalue weighted by Gasteiger charge is 2.20. The van der Waals surface area contributed by atoms with Gasteiger partial charge in [-0.15, -0.1) is 11.6 Å². The highest BCUT2D eigenvalue weighted by Crippen LogP contribution is 2.21. The van der Waals surface area contributed by atoms with Gasteiger partial charge in [0, 0.05) is 33.4 Å². The standard InChI is InChI=1S/C14H22ClN5O/c1-5-6-10-13-14(19(4)17-10)20(9-12(21)18(2)3)11(16-13)7-8-15/h5-9H2,1-4H3. The third-order valence-electron chi connectivity index (χ3n) is 3.47. The van der Waals surface area contributed by atoms with Crippen molar-refractivity contribution in [2.24, 2.45) is 7.05 Å². The first kappa shape index (κ1) is 15.8. The number of nitrogens with zero attached hydrogens (tertiary/aromatic N) is 5. The molecule has 2 heterocycles. The predicted octanol–water partition coefficient (Wildman–Crippen LogP) is 1.59. The van der Waals surface area contributed by atoms with Crippen LogP contribution < -0.4 is 0 Å². The van der Waals surface area contributed by atoms with Crippen molar-refractivity contribution >= 4 is 28.7 Å². The molecule has 2 rings (SSSR count). The second-order valence-corrected chi connectivity index (χ2v) is 5.71. The van der Waals surface area contributed by atoms with Gasteiger partial charge in [-0.3, -0.25) is 9.48 Å². The van der Waals surface area contributed by atoms with Gasteiger partial charge >= 0.3 is 0 Å². The maximum atomic E-state index is 12.1. The second-order valence-electron chi connectivity index (χ2n) is 5.33. The van der Waals surface area contributed by atoms with Crippen molar-refractivity contribution in [1.82, 2.24) is 24.2 Å². The number of carbonyl (C=O) groups is 1. The van der Waals surface area contributed by atoms with Crippen LogP contribution in [-0.2, 0) is 31.2 Å². The van der Waals surface area contributed by atoms with E-state index in [0.29, 0.717) is 12.3 Å². The van der Waals surface area contributed by atoms with Gasteiger partial charge in [0.2, 0.25) is 5.91 Å². The monoisotopic (exact) mass is 311 g/mol. The van der Waals surface area contributed by atoms with E-state index in [1.165, 1.54) is 0 Å². The predicted molar refractivity (Wildman–Crippen MR) is 83.6 cm³/mol. The Morgan fingerprint density at radius 3 is 2.62 bits per heavy atom. The van der Waals surface area contributed by atoms with Crippen molar-refractivity contribution in [2.75, 3.05) is 20.0 Å². The molecule has 2 aromatic heterocycles. The molecular weight excluding hydrogens is 290 g/mol. The number of halogens is 1. The van der Waals surface area contributed by atoms with Crippen molar-refractivity contribution < 1.29 is 4.79 Å². The van der Waals surface area contributed by atoms with Gasteiger partial charge in [0.25, 0.3) is 0 Å². The number of aryl methyl sites for hydroxylation is 3. The van der Waals surface area contributed by atoms with Crippen LogP contribution in [0.2, 0.25) is 0 Å². The van der Waals surface area contributed by atoms with Gasteiger partial charge in [-0.25, -0.2) is 4.98 Å². The summed E-state index contributed by atoms with van der Waals surface area (Å²) in [6, 6.07) is 0. The maximum absolute atomic E-state index is 12.1. The van der Waals surface area contributed by atoms with Crippen LogP contribution in [0.25, 0.3) is 11.2 Å². The van der Waals surface area contributed by atoms with E-state index in [0.717, 1.165) is 35.5 Å². The van der Waals surface area contributed by atoms with Crippen LogP contribution in [0.3, 0.4) is 0 Å². The molecule has 1 amide bonds. The van der Waals surface area contributed by atoms with E-state index in [1.807, 2.05) is 16.3 Å². The van der Waals surface area contributed by atoms with E-state index >= 15 is 0 Å². The minimum atomic E-state index is 0.0309. The number of likely N-dealkylation sites (N-methyl/N-ethyl adjacent to an activating group) is 1. The molecule has 0 aliphatic carbocycles. The van der Waals surface area contributed by atoms with Gasteiger partial charge in [-0.1, -0.05) is 13.3 Å². The first-order valence-corrected chi connectivity index (χ1v) is 7.70. The average molecular weight is 312 g/mol. The summed E-state index contributed by atoms with van der Waals surface area (Å²) in [5.74, 6) is 1.36. The molecule has 0 bridgehead atoms. The Kier molecular flexibility index (Phi) is 4.88. The molecule has 0 radical (unpaired) electrons. The molecule has 0 saturated carbocycles. The average Bonchev–Trinajstić information content (AvgIpc) is 2.91. The Labute approximate surface area is 129 Å². The van der Waals surface area contributed by atoms with Gasteiger partial charge in [0.1, 0.15) is 17.9 Å². The van der Waals surface area contributed by atoms with Crippen molar-refractivity contribution in [2.45, 2.75) is 32.7 Å². The summed E-state index contributed by atoms with van der Waals surface area (Å²) >= 11 is 5.87. The molecule has 0 spiro atoms. The number of carbonyl (C=O) groups excluding carboxylic acids is 1. The summed E-state index contributed by atoms with van der Waals surface area (Å²) in [5.41, 5.74) is 2.78. The highest BCUT2D eigenvalue weighted by atomic mass is 35.5. The Balaban J connectivity index is 2.53. The second kappa shape index (κ2) is 6.47. The molecule has 0 aliphatic rings. The van der Waals surface area contributed by atoms with Crippen LogP contribution in [0, 0.1) is 0 Å². The molecule has 7 heteroatoms. The summed E-state index contributed by atoms with van der Waals surface area (Å²) < 4.78 is 3.75. The van der Waals surface area contributed by atoms with Crippen LogP contribution in [0.4, 0.5) is 0 Å². The normalized spacial score (nSPS) is 11.3. The Morgan fingerprint density at radius 1 is 1.33 bits per heavy atom. The molecule has 0 aliphatic heterocycles. The topological polar surface area (TPSA) is 56.0 Å². The van der Waals surface area contributed by atoms with Crippen LogP contribution in [0.5, 0.6) is 0 Å². The van der Waals surface area contributed by atoms with Crippen LogP contribution in [-0.4, -0.2) is 50.1 Å². The molecule has 116 valence electrons. The molecule has 2 aromatic rings. The highest BCUT2D eigenvalue weighted by molar-refractivity contribution is 6.17. The van der Waals surface area contributed by atoms with Gasteiger partial charge in [0.15, 0.2) is 5.65 Å². The number of amides is 1. The van der Waals surface area contributed by atoms with E-state index < -0.39 is 0 Å². The minimum absolute atomic E-state index is 0.0309. The van der Waals surface area contributed by atoms with Gasteiger partial charge in [-0.05, 0) is 6.42 Å². The van der Waals surface area contributed by atoms with Crippen molar-refractivity contribution in [3.8, 4) is 0 Å². The van der Waals surface area contributed by atoms with E-state index in [-0.39, 0.29) is 12.5 Å². The molecule has 21 heavy (non-hydrogen) atoms. The van der Waals surface area contributed by atoms with Crippen LogP contribution in [0.15, 0.2) is 0 Å². The fraction of sp³-hybridized carbons (Fsp3) is 0.643. The lowest BCUT2D eigenvalue weighted by molar-refractivity contribution is -0.129. The zero-order chi connectivity index (χ0) is 15.6. The number of aromatic nitrogens is 4. The molecule has 0 atom stereocenters. The van der Waals surface area contributed by atoms with Crippen molar-refractivity contribution in [1.29, 1.82) is 0 Å². The zero-order valence-corrected chi connectivity index (χ0v) is 13.8. The number of hydrogen-bond donors (Lipinski definition) is 0. The van der Waals surface area contributed by atoms with E-state index in [9.17, 15) is 4.79 Å². The van der Waals surface area contributed by atoms with Crippen molar-refractivity contribution in [3.63, 3.8) is 0 Å². The van der Waals surface area contributed by atoms with Crippen LogP contribution in [0.1, 0.15) is 24.9 Å². The summed E-state index contributed by atoms with van der Waals surface area (Å²) in [4.78, 5) is 18.3.